The fraction of sp³-hybridized carbons (Fsp3) is 0.222. The van der Waals surface area contributed by atoms with Crippen molar-refractivity contribution in [1.82, 2.24) is 5.32 Å². The molecule has 2 aromatic rings. The van der Waals surface area contributed by atoms with Crippen LogP contribution in [0.3, 0.4) is 0 Å². The van der Waals surface area contributed by atoms with Crippen molar-refractivity contribution < 1.29 is 19.2 Å². The number of hydrogen-bond donors (Lipinski definition) is 1. The van der Waals surface area contributed by atoms with Crippen molar-refractivity contribution in [3.63, 3.8) is 0 Å². The lowest BCUT2D eigenvalue weighted by Crippen LogP contribution is -2.31. The first-order valence-corrected chi connectivity index (χ1v) is 9.30. The predicted octanol–water partition coefficient (Wildman–Crippen LogP) is 3.76. The van der Waals surface area contributed by atoms with Crippen LogP contribution >= 0.6 is 23.4 Å². The first-order valence-electron chi connectivity index (χ1n) is 7.93. The molecule has 0 spiro atoms. The number of nitro benzene ring substituents is 1. The second-order valence-corrected chi connectivity index (χ2v) is 6.97. The first kappa shape index (κ1) is 20.7. The van der Waals surface area contributed by atoms with Crippen LogP contribution in [0.5, 0.6) is 0 Å². The maximum atomic E-state index is 11.9. The molecule has 0 radical (unpaired) electrons. The number of carbonyl (C=O) groups is 2. The third-order valence-electron chi connectivity index (χ3n) is 3.52. The number of nitro groups is 1. The number of carbonyl (C=O) groups excluding carboxylic acids is 2. The van der Waals surface area contributed by atoms with Gasteiger partial charge in [0.1, 0.15) is 0 Å². The fourth-order valence-corrected chi connectivity index (χ4v) is 3.18. The summed E-state index contributed by atoms with van der Waals surface area (Å²) in [6, 6.07) is 12.6. The lowest BCUT2D eigenvalue weighted by molar-refractivity contribution is -0.384. The van der Waals surface area contributed by atoms with Gasteiger partial charge in [-0.25, -0.2) is 0 Å². The van der Waals surface area contributed by atoms with Crippen LogP contribution in [0.2, 0.25) is 5.02 Å². The minimum absolute atomic E-state index is 0.00877. The molecule has 0 aliphatic rings. The second kappa shape index (κ2) is 9.94. The number of nitrogens with zero attached hydrogens (tertiary/aromatic N) is 1. The monoisotopic (exact) mass is 408 g/mol. The van der Waals surface area contributed by atoms with Gasteiger partial charge in [0.2, 0.25) is 0 Å². The van der Waals surface area contributed by atoms with E-state index >= 15 is 0 Å². The van der Waals surface area contributed by atoms with Crippen molar-refractivity contribution >= 4 is 40.9 Å². The molecule has 0 fully saturated rings. The maximum Gasteiger partial charge on any atom is 0.316 e. The van der Waals surface area contributed by atoms with E-state index in [0.29, 0.717) is 9.92 Å². The standard InChI is InChI=1S/C18H17ClN2O5S/c1-12(15-4-2-3-5-16(15)19)20-17(22)10-26-18(23)11-27-14-8-6-13(7-9-14)21(24)25/h2-9,12H,10-11H2,1H3,(H,20,22)/t12-/m0/s1. The largest absolute Gasteiger partial charge is 0.455 e. The van der Waals surface area contributed by atoms with Gasteiger partial charge < -0.3 is 10.1 Å². The highest BCUT2D eigenvalue weighted by Crippen LogP contribution is 2.22. The van der Waals surface area contributed by atoms with Crippen molar-refractivity contribution in [2.75, 3.05) is 12.4 Å². The molecule has 1 N–H and O–H groups in total. The van der Waals surface area contributed by atoms with Crippen LogP contribution in [-0.4, -0.2) is 29.2 Å². The van der Waals surface area contributed by atoms with Gasteiger partial charge in [0.25, 0.3) is 11.6 Å². The molecule has 7 nitrogen and oxygen atoms in total. The first-order chi connectivity index (χ1) is 12.9. The Balaban J connectivity index is 1.74. The topological polar surface area (TPSA) is 98.5 Å². The Hall–Kier alpha value is -2.58. The number of halogens is 1. The van der Waals surface area contributed by atoms with Gasteiger partial charge >= 0.3 is 5.97 Å². The number of esters is 1. The summed E-state index contributed by atoms with van der Waals surface area (Å²) in [5, 5.41) is 13.8. The van der Waals surface area contributed by atoms with Crippen molar-refractivity contribution in [3.8, 4) is 0 Å². The van der Waals surface area contributed by atoms with Gasteiger partial charge in [-0.2, -0.15) is 0 Å². The van der Waals surface area contributed by atoms with Gasteiger partial charge in [-0.3, -0.25) is 19.7 Å². The highest BCUT2D eigenvalue weighted by atomic mass is 35.5. The van der Waals surface area contributed by atoms with E-state index in [0.717, 1.165) is 5.56 Å². The van der Waals surface area contributed by atoms with Crippen LogP contribution in [0.4, 0.5) is 5.69 Å². The normalized spacial score (nSPS) is 11.5. The third kappa shape index (κ3) is 6.58. The Morgan fingerprint density at radius 2 is 1.89 bits per heavy atom. The summed E-state index contributed by atoms with van der Waals surface area (Å²) >= 11 is 7.25. The van der Waals surface area contributed by atoms with E-state index in [1.54, 1.807) is 37.3 Å². The zero-order chi connectivity index (χ0) is 19.8. The lowest BCUT2D eigenvalue weighted by Gasteiger charge is -2.15. The summed E-state index contributed by atoms with van der Waals surface area (Å²) in [6.45, 7) is 1.39. The molecule has 0 saturated carbocycles. The Morgan fingerprint density at radius 3 is 2.52 bits per heavy atom. The average Bonchev–Trinajstić information content (AvgIpc) is 2.65. The van der Waals surface area contributed by atoms with E-state index < -0.39 is 23.4 Å². The van der Waals surface area contributed by atoms with Gasteiger partial charge in [-0.1, -0.05) is 29.8 Å². The smallest absolute Gasteiger partial charge is 0.316 e. The molecule has 0 aliphatic carbocycles. The quantitative estimate of drug-likeness (QED) is 0.309. The van der Waals surface area contributed by atoms with E-state index in [2.05, 4.69) is 5.32 Å². The van der Waals surface area contributed by atoms with Gasteiger partial charge in [-0.15, -0.1) is 11.8 Å². The Morgan fingerprint density at radius 1 is 1.22 bits per heavy atom. The molecule has 0 heterocycles. The molecule has 0 saturated heterocycles. The molecule has 0 aliphatic heterocycles. The van der Waals surface area contributed by atoms with Crippen molar-refractivity contribution in [2.24, 2.45) is 0 Å². The summed E-state index contributed by atoms with van der Waals surface area (Å²) in [7, 11) is 0. The molecule has 2 aromatic carbocycles. The molecule has 1 amide bonds. The van der Waals surface area contributed by atoms with E-state index in [1.165, 1.54) is 23.9 Å². The molecule has 0 aromatic heterocycles. The maximum absolute atomic E-state index is 11.9. The summed E-state index contributed by atoms with van der Waals surface area (Å²) in [6.07, 6.45) is 0. The fourth-order valence-electron chi connectivity index (χ4n) is 2.18. The molecule has 2 rings (SSSR count). The van der Waals surface area contributed by atoms with Gasteiger partial charge in [0, 0.05) is 22.1 Å². The van der Waals surface area contributed by atoms with E-state index in [-0.39, 0.29) is 17.5 Å². The average molecular weight is 409 g/mol. The van der Waals surface area contributed by atoms with Crippen molar-refractivity contribution in [3.05, 3.63) is 69.2 Å². The molecule has 142 valence electrons. The SMILES string of the molecule is C[C@H](NC(=O)COC(=O)CSc1ccc([N+](=O)[O-])cc1)c1ccccc1Cl. The number of amides is 1. The van der Waals surface area contributed by atoms with Gasteiger partial charge in [-0.05, 0) is 30.7 Å². The molecular formula is C18H17ClN2O5S. The molecular weight excluding hydrogens is 392 g/mol. The highest BCUT2D eigenvalue weighted by Gasteiger charge is 2.14. The second-order valence-electron chi connectivity index (χ2n) is 5.51. The summed E-state index contributed by atoms with van der Waals surface area (Å²) < 4.78 is 4.94. The number of hydrogen-bond acceptors (Lipinski definition) is 6. The molecule has 1 atom stereocenters. The summed E-state index contributed by atoms with van der Waals surface area (Å²) in [5.41, 5.74) is 0.749. The summed E-state index contributed by atoms with van der Waals surface area (Å²) in [5.74, 6) is -1.000. The summed E-state index contributed by atoms with van der Waals surface area (Å²) in [4.78, 5) is 34.5. The number of benzene rings is 2. The van der Waals surface area contributed by atoms with Crippen LogP contribution < -0.4 is 5.32 Å². The van der Waals surface area contributed by atoms with Crippen LogP contribution in [0.25, 0.3) is 0 Å². The Kier molecular flexibility index (Phi) is 7.63. The van der Waals surface area contributed by atoms with Crippen LogP contribution in [0, 0.1) is 10.1 Å². The number of thioether (sulfide) groups is 1. The Bertz CT molecular complexity index is 829. The lowest BCUT2D eigenvalue weighted by atomic mass is 10.1. The van der Waals surface area contributed by atoms with Crippen molar-refractivity contribution in [2.45, 2.75) is 17.9 Å². The van der Waals surface area contributed by atoms with Gasteiger partial charge in [0.05, 0.1) is 16.7 Å². The van der Waals surface area contributed by atoms with Crippen molar-refractivity contribution in [1.29, 1.82) is 0 Å². The predicted molar refractivity (Wildman–Crippen MR) is 103 cm³/mol. The number of rotatable bonds is 8. The Labute approximate surface area is 165 Å². The van der Waals surface area contributed by atoms with Gasteiger partial charge in [0.15, 0.2) is 6.61 Å². The van der Waals surface area contributed by atoms with Crippen LogP contribution in [0.1, 0.15) is 18.5 Å². The minimum Gasteiger partial charge on any atom is -0.455 e. The number of ether oxygens (including phenoxy) is 1. The van der Waals surface area contributed by atoms with E-state index in [1.807, 2.05) is 6.07 Å². The number of nitrogens with one attached hydrogen (secondary N) is 1. The van der Waals surface area contributed by atoms with Crippen LogP contribution in [0.15, 0.2) is 53.4 Å². The zero-order valence-electron chi connectivity index (χ0n) is 14.4. The zero-order valence-corrected chi connectivity index (χ0v) is 16.0. The van der Waals surface area contributed by atoms with E-state index in [4.69, 9.17) is 16.3 Å². The molecule has 0 unspecified atom stereocenters. The molecule has 0 bridgehead atoms. The minimum atomic E-state index is -0.557. The molecule has 27 heavy (non-hydrogen) atoms. The highest BCUT2D eigenvalue weighted by molar-refractivity contribution is 8.00. The van der Waals surface area contributed by atoms with E-state index in [9.17, 15) is 19.7 Å². The third-order valence-corrected chi connectivity index (χ3v) is 4.85. The van der Waals surface area contributed by atoms with Crippen LogP contribution in [-0.2, 0) is 14.3 Å². The molecule has 9 heteroatoms. The number of non-ortho nitro benzene ring substituents is 1.